The maximum Gasteiger partial charge on any atom is 0.306 e. The number of allylic oxidation sites excluding steroid dienone is 1. The van der Waals surface area contributed by atoms with Crippen LogP contribution in [0.2, 0.25) is 0 Å². The molecule has 0 spiro atoms. The molecule has 3 fully saturated rings. The van der Waals surface area contributed by atoms with Gasteiger partial charge in [-0.2, -0.15) is 0 Å². The summed E-state index contributed by atoms with van der Waals surface area (Å²) in [5.74, 6) is 5.08. The first-order chi connectivity index (χ1) is 33.8. The van der Waals surface area contributed by atoms with Crippen LogP contribution in [0.5, 0.6) is 0 Å². The molecule has 7 heteroatoms. The van der Waals surface area contributed by atoms with E-state index in [1.54, 1.807) is 5.57 Å². The first-order valence-corrected chi connectivity index (χ1v) is 30.9. The lowest BCUT2D eigenvalue weighted by Gasteiger charge is -2.58. The maximum absolute atomic E-state index is 13.7. The number of hydrogen-bond donors (Lipinski definition) is 0. The van der Waals surface area contributed by atoms with Crippen LogP contribution >= 0.6 is 0 Å². The molecular formula is C63H114N2O5. The Morgan fingerprint density at radius 2 is 1.23 bits per heavy atom. The van der Waals surface area contributed by atoms with Crippen LogP contribution in [0.15, 0.2) is 11.6 Å². The smallest absolute Gasteiger partial charge is 0.306 e. The van der Waals surface area contributed by atoms with Gasteiger partial charge < -0.3 is 19.3 Å². The van der Waals surface area contributed by atoms with E-state index in [4.69, 9.17) is 9.47 Å². The molecular weight excluding hydrogens is 865 g/mol. The molecule has 8 unspecified atom stereocenters. The Morgan fingerprint density at radius 1 is 0.614 bits per heavy atom. The molecule has 4 aliphatic carbocycles. The van der Waals surface area contributed by atoms with Gasteiger partial charge >= 0.3 is 11.9 Å². The Balaban J connectivity index is 1.15. The van der Waals surface area contributed by atoms with Crippen LogP contribution in [0.25, 0.3) is 0 Å². The molecule has 0 aliphatic heterocycles. The van der Waals surface area contributed by atoms with Crippen molar-refractivity contribution in [2.45, 2.75) is 293 Å². The van der Waals surface area contributed by atoms with Gasteiger partial charge in [0.15, 0.2) is 0 Å². The number of esters is 2. The summed E-state index contributed by atoms with van der Waals surface area (Å²) in [6.45, 7) is 25.8. The van der Waals surface area contributed by atoms with Crippen molar-refractivity contribution in [2.24, 2.45) is 46.3 Å². The lowest BCUT2D eigenvalue weighted by molar-refractivity contribution is -0.152. The number of ether oxygens (including phenoxy) is 2. The lowest BCUT2D eigenvalue weighted by Crippen LogP contribution is -2.51. The summed E-state index contributed by atoms with van der Waals surface area (Å²) in [7, 11) is 0. The van der Waals surface area contributed by atoms with Crippen LogP contribution in [0.4, 0.5) is 0 Å². The molecule has 4 aliphatic rings. The van der Waals surface area contributed by atoms with Gasteiger partial charge in [0.2, 0.25) is 5.91 Å². The Kier molecular flexibility index (Phi) is 28.7. The van der Waals surface area contributed by atoms with Crippen LogP contribution < -0.4 is 0 Å². The molecule has 0 radical (unpaired) electrons. The second-order valence-electron chi connectivity index (χ2n) is 24.6. The number of amides is 1. The normalized spacial score (nSPS) is 25.7. The molecule has 0 bridgehead atoms. The topological polar surface area (TPSA) is 76.2 Å². The first-order valence-electron chi connectivity index (χ1n) is 30.9. The van der Waals surface area contributed by atoms with Crippen molar-refractivity contribution < 1.29 is 23.9 Å². The van der Waals surface area contributed by atoms with Gasteiger partial charge in [0.25, 0.3) is 0 Å². The number of likely N-dealkylation sites (N-methyl/N-ethyl adjacent to an activating group) is 1. The van der Waals surface area contributed by atoms with E-state index < -0.39 is 0 Å². The first kappa shape index (κ1) is 60.7. The van der Waals surface area contributed by atoms with Gasteiger partial charge in [-0.15, -0.1) is 0 Å². The standard InChI is InChI=1S/C63H114N2O5/c1-10-14-16-18-20-24-33-53(34-25-21-19-17-15-11-2)69-60(67)36-26-22-23-29-46-65(48-47-64(12-3)13-4)59(66)35-27-28-37-61(68)70-54-42-44-62(8)52(49-54)38-39-55-57-41-40-56(51(7)32-30-31-50(5)6)63(57,9)45-43-58(55)62/h38,50-51,53-58H,10-37,39-49H2,1-9H3. The minimum absolute atomic E-state index is 0.00986. The predicted octanol–water partition coefficient (Wildman–Crippen LogP) is 17.0. The van der Waals surface area contributed by atoms with E-state index in [-0.39, 0.29) is 35.5 Å². The minimum atomic E-state index is -0.0864. The molecule has 70 heavy (non-hydrogen) atoms. The number of carbonyl (C=O) groups excluding carboxylic acids is 3. The van der Waals surface area contributed by atoms with Crippen LogP contribution in [0.3, 0.4) is 0 Å². The number of unbranched alkanes of at least 4 members (excludes halogenated alkanes) is 14. The summed E-state index contributed by atoms with van der Waals surface area (Å²) in [5, 5.41) is 0. The third-order valence-electron chi connectivity index (χ3n) is 19.1. The van der Waals surface area contributed by atoms with Crippen molar-refractivity contribution in [2.75, 3.05) is 32.7 Å². The Bertz CT molecular complexity index is 1470. The van der Waals surface area contributed by atoms with E-state index in [1.807, 2.05) is 0 Å². The summed E-state index contributed by atoms with van der Waals surface area (Å²) in [6, 6.07) is 0. The summed E-state index contributed by atoms with van der Waals surface area (Å²) < 4.78 is 12.3. The van der Waals surface area contributed by atoms with Gasteiger partial charge in [-0.3, -0.25) is 14.4 Å². The minimum Gasteiger partial charge on any atom is -0.462 e. The second-order valence-corrected chi connectivity index (χ2v) is 24.6. The quantitative estimate of drug-likeness (QED) is 0.0349. The van der Waals surface area contributed by atoms with Gasteiger partial charge in [0.1, 0.15) is 12.2 Å². The van der Waals surface area contributed by atoms with Crippen molar-refractivity contribution >= 4 is 17.8 Å². The highest BCUT2D eigenvalue weighted by Gasteiger charge is 2.59. The van der Waals surface area contributed by atoms with E-state index in [0.29, 0.717) is 37.5 Å². The van der Waals surface area contributed by atoms with Crippen LogP contribution in [-0.4, -0.2) is 72.6 Å². The Morgan fingerprint density at radius 3 is 1.90 bits per heavy atom. The zero-order chi connectivity index (χ0) is 50.8. The highest BCUT2D eigenvalue weighted by Crippen LogP contribution is 2.67. The number of carbonyl (C=O) groups is 3. The monoisotopic (exact) mass is 979 g/mol. The summed E-state index contributed by atoms with van der Waals surface area (Å²) in [6.07, 6.45) is 40.5. The van der Waals surface area contributed by atoms with E-state index in [2.05, 4.69) is 78.2 Å². The largest absolute Gasteiger partial charge is 0.462 e. The Labute approximate surface area is 433 Å². The fraction of sp³-hybridized carbons (Fsp3) is 0.921. The van der Waals surface area contributed by atoms with Crippen molar-refractivity contribution in [3.63, 3.8) is 0 Å². The molecule has 0 saturated heterocycles. The maximum atomic E-state index is 13.7. The zero-order valence-corrected chi connectivity index (χ0v) is 47.7. The van der Waals surface area contributed by atoms with Gasteiger partial charge in [0.05, 0.1) is 0 Å². The van der Waals surface area contributed by atoms with Crippen molar-refractivity contribution in [3.05, 3.63) is 11.6 Å². The second kappa shape index (κ2) is 33.1. The number of fused-ring (bicyclic) bond motifs is 5. The van der Waals surface area contributed by atoms with Crippen molar-refractivity contribution in [1.29, 1.82) is 0 Å². The third-order valence-corrected chi connectivity index (χ3v) is 19.1. The highest BCUT2D eigenvalue weighted by atomic mass is 16.5. The predicted molar refractivity (Wildman–Crippen MR) is 295 cm³/mol. The average Bonchev–Trinajstić information content (AvgIpc) is 3.70. The van der Waals surface area contributed by atoms with Gasteiger partial charge in [-0.1, -0.05) is 170 Å². The molecule has 7 nitrogen and oxygen atoms in total. The fourth-order valence-electron chi connectivity index (χ4n) is 14.6. The van der Waals surface area contributed by atoms with Gasteiger partial charge in [0, 0.05) is 45.3 Å². The van der Waals surface area contributed by atoms with Crippen LogP contribution in [0.1, 0.15) is 281 Å². The number of nitrogens with zero attached hydrogens (tertiary/aromatic N) is 2. The molecule has 406 valence electrons. The van der Waals surface area contributed by atoms with E-state index in [9.17, 15) is 14.4 Å². The molecule has 0 aromatic heterocycles. The van der Waals surface area contributed by atoms with Crippen LogP contribution in [-0.2, 0) is 23.9 Å². The molecule has 8 atom stereocenters. The number of rotatable bonds is 38. The molecule has 4 rings (SSSR count). The summed E-state index contributed by atoms with van der Waals surface area (Å²) in [5.41, 5.74) is 2.34. The van der Waals surface area contributed by atoms with E-state index >= 15 is 0 Å². The van der Waals surface area contributed by atoms with Gasteiger partial charge in [-0.05, 0) is 156 Å². The zero-order valence-electron chi connectivity index (χ0n) is 47.7. The molecule has 0 heterocycles. The average molecular weight is 980 g/mol. The SMILES string of the molecule is CCCCCCCCC(CCCCCCCC)OC(=O)CCCCCCN(CCN(CC)CC)C(=O)CCCCC(=O)OC1CCC2(C)C(=CCC3C2CCC2(C)C(C(C)CCCC(C)C)CCC32)C1. The summed E-state index contributed by atoms with van der Waals surface area (Å²) in [4.78, 5) is 44.4. The van der Waals surface area contributed by atoms with Crippen molar-refractivity contribution in [1.82, 2.24) is 9.80 Å². The molecule has 0 N–H and O–H groups in total. The molecule has 3 saturated carbocycles. The molecule has 0 aromatic carbocycles. The fourth-order valence-corrected chi connectivity index (χ4v) is 14.6. The Hall–Kier alpha value is -1.89. The number of hydrogen-bond acceptors (Lipinski definition) is 6. The van der Waals surface area contributed by atoms with Crippen molar-refractivity contribution in [3.8, 4) is 0 Å². The summed E-state index contributed by atoms with van der Waals surface area (Å²) >= 11 is 0. The van der Waals surface area contributed by atoms with E-state index in [0.717, 1.165) is 139 Å². The third kappa shape index (κ3) is 19.8. The van der Waals surface area contributed by atoms with Gasteiger partial charge in [-0.25, -0.2) is 0 Å². The lowest BCUT2D eigenvalue weighted by atomic mass is 9.47. The molecule has 0 aromatic rings. The van der Waals surface area contributed by atoms with E-state index in [1.165, 1.54) is 116 Å². The molecule has 1 amide bonds. The highest BCUT2D eigenvalue weighted by molar-refractivity contribution is 5.76. The van der Waals surface area contributed by atoms with Crippen LogP contribution in [0, 0.1) is 46.3 Å².